The maximum absolute atomic E-state index is 13.0. The number of nitrogens with two attached hydrogens (primary N) is 1. The van der Waals surface area contributed by atoms with Crippen LogP contribution in [0.5, 0.6) is 5.75 Å². The van der Waals surface area contributed by atoms with E-state index in [0.717, 1.165) is 35.2 Å². The Balaban J connectivity index is 1.44. The van der Waals surface area contributed by atoms with Crippen molar-refractivity contribution in [3.05, 3.63) is 64.2 Å². The first kappa shape index (κ1) is 24.1. The second kappa shape index (κ2) is 8.94. The van der Waals surface area contributed by atoms with E-state index in [1.165, 1.54) is 12.1 Å². The van der Waals surface area contributed by atoms with Gasteiger partial charge in [-0.1, -0.05) is 6.07 Å². The molecule has 9 heteroatoms. The van der Waals surface area contributed by atoms with Gasteiger partial charge in [0.2, 0.25) is 0 Å². The zero-order valence-corrected chi connectivity index (χ0v) is 19.4. The number of carbonyl (C=O) groups excluding carboxylic acids is 2. The third-order valence-electron chi connectivity index (χ3n) is 7.10. The molecule has 2 aromatic rings. The van der Waals surface area contributed by atoms with Crippen molar-refractivity contribution in [1.82, 2.24) is 9.80 Å². The molecule has 3 atom stereocenters. The van der Waals surface area contributed by atoms with Gasteiger partial charge in [0.15, 0.2) is 6.61 Å². The highest BCUT2D eigenvalue weighted by Gasteiger charge is 2.47. The summed E-state index contributed by atoms with van der Waals surface area (Å²) in [5.74, 6) is -0.127. The van der Waals surface area contributed by atoms with Gasteiger partial charge in [0, 0.05) is 36.8 Å². The van der Waals surface area contributed by atoms with Gasteiger partial charge in [0.05, 0.1) is 5.56 Å². The van der Waals surface area contributed by atoms with Gasteiger partial charge < -0.3 is 15.4 Å². The number of nitrogens with zero attached hydrogens (tertiary/aromatic N) is 2. The summed E-state index contributed by atoms with van der Waals surface area (Å²) in [4.78, 5) is 28.2. The fourth-order valence-corrected chi connectivity index (χ4v) is 5.14. The number of likely N-dealkylation sites (tertiary alicyclic amines) is 2. The topological polar surface area (TPSA) is 75.9 Å². The van der Waals surface area contributed by atoms with Crippen LogP contribution < -0.4 is 10.5 Å². The summed E-state index contributed by atoms with van der Waals surface area (Å²) in [7, 11) is 0. The second-order valence-corrected chi connectivity index (χ2v) is 9.11. The minimum Gasteiger partial charge on any atom is -0.484 e. The smallest absolute Gasteiger partial charge is 0.416 e. The van der Waals surface area contributed by atoms with Crippen molar-refractivity contribution in [2.75, 3.05) is 19.7 Å². The lowest BCUT2D eigenvalue weighted by atomic mass is 9.96. The van der Waals surface area contributed by atoms with E-state index >= 15 is 0 Å². The Kier molecular flexibility index (Phi) is 6.33. The summed E-state index contributed by atoms with van der Waals surface area (Å²) in [6.45, 7) is 7.18. The van der Waals surface area contributed by atoms with Crippen LogP contribution in [0.2, 0.25) is 0 Å². The van der Waals surface area contributed by atoms with Crippen LogP contribution in [0, 0.1) is 13.8 Å². The summed E-state index contributed by atoms with van der Waals surface area (Å²) >= 11 is 0. The number of rotatable bonds is 6. The SMILES string of the molecule is Cc1c(OCC(N)=O)ccc([C@@H](C)N2C[C@H]3C[C@@H]2CN3C(=O)c2ccc(C(F)(F)F)cc2)c1C. The lowest BCUT2D eigenvalue weighted by molar-refractivity contribution is -0.137. The average molecular weight is 476 g/mol. The molecule has 0 spiro atoms. The molecule has 2 aromatic carbocycles. The van der Waals surface area contributed by atoms with Gasteiger partial charge in [-0.25, -0.2) is 0 Å². The Morgan fingerprint density at radius 1 is 1.06 bits per heavy atom. The van der Waals surface area contributed by atoms with Gasteiger partial charge >= 0.3 is 6.18 Å². The third-order valence-corrected chi connectivity index (χ3v) is 7.10. The molecule has 182 valence electrons. The molecule has 2 aliphatic heterocycles. The molecule has 6 nitrogen and oxygen atoms in total. The number of fused-ring (bicyclic) bond motifs is 2. The maximum atomic E-state index is 13.0. The highest BCUT2D eigenvalue weighted by Crippen LogP contribution is 2.39. The Hall–Kier alpha value is -3.07. The molecule has 0 unspecified atom stereocenters. The number of halogens is 3. The monoisotopic (exact) mass is 475 g/mol. The van der Waals surface area contributed by atoms with Crippen molar-refractivity contribution in [3.8, 4) is 5.75 Å². The summed E-state index contributed by atoms with van der Waals surface area (Å²) in [5.41, 5.74) is 7.87. The summed E-state index contributed by atoms with van der Waals surface area (Å²) in [5, 5.41) is 0. The van der Waals surface area contributed by atoms with E-state index in [9.17, 15) is 22.8 Å². The second-order valence-electron chi connectivity index (χ2n) is 9.11. The zero-order valence-electron chi connectivity index (χ0n) is 19.4. The molecule has 0 aromatic heterocycles. The van der Waals surface area contributed by atoms with E-state index in [-0.39, 0.29) is 36.2 Å². The fourth-order valence-electron chi connectivity index (χ4n) is 5.14. The number of ether oxygens (including phenoxy) is 1. The first-order chi connectivity index (χ1) is 16.0. The molecular weight excluding hydrogens is 447 g/mol. The Morgan fingerprint density at radius 3 is 2.29 bits per heavy atom. The van der Waals surface area contributed by atoms with E-state index in [1.807, 2.05) is 26.0 Å². The molecular formula is C25H28F3N3O3. The number of primary amides is 1. The molecule has 2 bridgehead atoms. The van der Waals surface area contributed by atoms with Crippen LogP contribution in [0.4, 0.5) is 13.2 Å². The molecule has 2 heterocycles. The molecule has 34 heavy (non-hydrogen) atoms. The number of amides is 2. The van der Waals surface area contributed by atoms with E-state index < -0.39 is 17.6 Å². The first-order valence-corrected chi connectivity index (χ1v) is 11.2. The van der Waals surface area contributed by atoms with Crippen molar-refractivity contribution in [1.29, 1.82) is 0 Å². The van der Waals surface area contributed by atoms with Crippen molar-refractivity contribution < 1.29 is 27.5 Å². The maximum Gasteiger partial charge on any atom is 0.416 e. The number of hydrogen-bond donors (Lipinski definition) is 1. The molecule has 0 saturated carbocycles. The summed E-state index contributed by atoms with van der Waals surface area (Å²) in [6, 6.07) is 8.60. The van der Waals surface area contributed by atoms with Crippen LogP contribution in [0.15, 0.2) is 36.4 Å². The number of benzene rings is 2. The third kappa shape index (κ3) is 4.49. The van der Waals surface area contributed by atoms with Crippen molar-refractivity contribution in [2.24, 2.45) is 5.73 Å². The largest absolute Gasteiger partial charge is 0.484 e. The van der Waals surface area contributed by atoms with Crippen LogP contribution in [-0.2, 0) is 11.0 Å². The van der Waals surface area contributed by atoms with Crippen LogP contribution in [-0.4, -0.2) is 53.4 Å². The average Bonchev–Trinajstić information content (AvgIpc) is 3.40. The van der Waals surface area contributed by atoms with E-state index in [2.05, 4.69) is 11.8 Å². The van der Waals surface area contributed by atoms with Crippen molar-refractivity contribution in [2.45, 2.75) is 51.5 Å². The number of piperazine rings is 1. The number of carbonyl (C=O) groups is 2. The van der Waals surface area contributed by atoms with Crippen LogP contribution in [0.1, 0.15) is 52.0 Å². The minimum absolute atomic E-state index is 0.0295. The molecule has 4 rings (SSSR count). The molecule has 2 fully saturated rings. The van der Waals surface area contributed by atoms with Gasteiger partial charge in [-0.2, -0.15) is 13.2 Å². The molecule has 0 aliphatic carbocycles. The van der Waals surface area contributed by atoms with E-state index in [4.69, 9.17) is 10.5 Å². The lowest BCUT2D eigenvalue weighted by Crippen LogP contribution is -2.49. The quantitative estimate of drug-likeness (QED) is 0.689. The molecule has 0 radical (unpaired) electrons. The normalized spacial score (nSPS) is 21.1. The van der Waals surface area contributed by atoms with Crippen LogP contribution in [0.3, 0.4) is 0 Å². The van der Waals surface area contributed by atoms with Gasteiger partial charge in [-0.3, -0.25) is 14.5 Å². The molecule has 2 N–H and O–H groups in total. The standard InChI is InChI=1S/C25H28F3N3O3/c1-14-15(2)22(34-13-23(29)32)9-8-21(14)16(3)30-11-20-10-19(30)12-31(20)24(33)17-4-6-18(7-5-17)25(26,27)28/h4-9,16,19-20H,10-13H2,1-3H3,(H2,29,32)/t16-,19-,20-/m1/s1. The fraction of sp³-hybridized carbons (Fsp3) is 0.440. The predicted molar refractivity (Wildman–Crippen MR) is 120 cm³/mol. The summed E-state index contributed by atoms with van der Waals surface area (Å²) in [6.07, 6.45) is -3.58. The molecule has 2 amide bonds. The highest BCUT2D eigenvalue weighted by atomic mass is 19.4. The van der Waals surface area contributed by atoms with E-state index in [1.54, 1.807) is 4.90 Å². The van der Waals surface area contributed by atoms with Crippen LogP contribution in [0.25, 0.3) is 0 Å². The van der Waals surface area contributed by atoms with Crippen molar-refractivity contribution in [3.63, 3.8) is 0 Å². The molecule has 2 saturated heterocycles. The predicted octanol–water partition coefficient (Wildman–Crippen LogP) is 3.85. The van der Waals surface area contributed by atoms with Gasteiger partial charge in [-0.05, 0) is 74.2 Å². The van der Waals surface area contributed by atoms with Gasteiger partial charge in [0.25, 0.3) is 11.8 Å². The first-order valence-electron chi connectivity index (χ1n) is 11.2. The Bertz CT molecular complexity index is 1100. The van der Waals surface area contributed by atoms with Crippen molar-refractivity contribution >= 4 is 11.8 Å². The van der Waals surface area contributed by atoms with E-state index in [0.29, 0.717) is 18.8 Å². The van der Waals surface area contributed by atoms with Crippen LogP contribution >= 0.6 is 0 Å². The summed E-state index contributed by atoms with van der Waals surface area (Å²) < 4.78 is 44.0. The number of hydrogen-bond acceptors (Lipinski definition) is 4. The van der Waals surface area contributed by atoms with Gasteiger partial charge in [-0.15, -0.1) is 0 Å². The lowest BCUT2D eigenvalue weighted by Gasteiger charge is -2.38. The minimum atomic E-state index is -4.42. The highest BCUT2D eigenvalue weighted by molar-refractivity contribution is 5.94. The van der Waals surface area contributed by atoms with Gasteiger partial charge in [0.1, 0.15) is 5.75 Å². The Morgan fingerprint density at radius 2 is 1.74 bits per heavy atom. The number of alkyl halides is 3. The zero-order chi connectivity index (χ0) is 24.8. The Labute approximate surface area is 196 Å². The molecule has 2 aliphatic rings.